The molecule has 0 aliphatic rings. The molecular weight excluding hydrogens is 242 g/mol. The number of benzene rings is 1. The molecule has 4 heteroatoms. The van der Waals surface area contributed by atoms with E-state index < -0.39 is 0 Å². The summed E-state index contributed by atoms with van der Waals surface area (Å²) in [5, 5.41) is 0. The summed E-state index contributed by atoms with van der Waals surface area (Å²) < 4.78 is 2.31. The summed E-state index contributed by atoms with van der Waals surface area (Å²) in [6.45, 7) is 3.07. The maximum Gasteiger partial charge on any atom is 0.110 e. The summed E-state index contributed by atoms with van der Waals surface area (Å²) in [4.78, 5) is 10.1. The molecule has 2 aromatic heterocycles. The van der Waals surface area contributed by atoms with Crippen molar-refractivity contribution in [3.05, 3.63) is 46.7 Å². The third-order valence-corrected chi connectivity index (χ3v) is 3.77. The zero-order valence-corrected chi connectivity index (χ0v) is 11.2. The monoisotopic (exact) mass is 257 g/mol. The molecule has 1 aromatic carbocycles. The van der Waals surface area contributed by atoms with Gasteiger partial charge in [0.2, 0.25) is 0 Å². The van der Waals surface area contributed by atoms with E-state index in [-0.39, 0.29) is 0 Å². The first-order valence-corrected chi connectivity index (χ1v) is 7.08. The fourth-order valence-electron chi connectivity index (χ4n) is 2.19. The van der Waals surface area contributed by atoms with Crippen LogP contribution in [-0.4, -0.2) is 14.5 Å². The van der Waals surface area contributed by atoms with Gasteiger partial charge in [0.1, 0.15) is 5.82 Å². The maximum atomic E-state index is 4.73. The number of fused-ring (bicyclic) bond motifs is 1. The van der Waals surface area contributed by atoms with Crippen molar-refractivity contribution in [3.63, 3.8) is 0 Å². The highest BCUT2D eigenvalue weighted by molar-refractivity contribution is 7.09. The topological polar surface area (TPSA) is 30.7 Å². The molecule has 0 spiro atoms. The summed E-state index contributed by atoms with van der Waals surface area (Å²) in [6, 6.07) is 8.34. The Hall–Kier alpha value is -1.68. The van der Waals surface area contributed by atoms with Crippen molar-refractivity contribution in [3.8, 4) is 0 Å². The van der Waals surface area contributed by atoms with Crippen LogP contribution in [0.4, 0.5) is 0 Å². The molecule has 0 fully saturated rings. The fourth-order valence-corrected chi connectivity index (χ4v) is 2.77. The standard InChI is InChI=1S/C14H15N3S/c1-2-5-14-16-12-6-3-4-7-13(12)17(14)9-11-8-15-10-18-11/h3-4,6-8,10H,2,5,9H2,1H3. The van der Waals surface area contributed by atoms with Crippen molar-refractivity contribution in [2.45, 2.75) is 26.3 Å². The second-order valence-electron chi connectivity index (χ2n) is 4.32. The minimum atomic E-state index is 0.876. The van der Waals surface area contributed by atoms with Gasteiger partial charge < -0.3 is 4.57 Å². The summed E-state index contributed by atoms with van der Waals surface area (Å²) in [7, 11) is 0. The molecule has 92 valence electrons. The molecule has 0 N–H and O–H groups in total. The number of aryl methyl sites for hydroxylation is 1. The first kappa shape index (κ1) is 11.4. The minimum absolute atomic E-state index is 0.876. The van der Waals surface area contributed by atoms with Gasteiger partial charge in [0, 0.05) is 17.5 Å². The number of nitrogens with zero attached hydrogens (tertiary/aromatic N) is 3. The quantitative estimate of drug-likeness (QED) is 0.716. The van der Waals surface area contributed by atoms with Crippen molar-refractivity contribution >= 4 is 22.4 Å². The molecule has 3 aromatic rings. The molecule has 18 heavy (non-hydrogen) atoms. The molecule has 0 bridgehead atoms. The van der Waals surface area contributed by atoms with Crippen LogP contribution in [-0.2, 0) is 13.0 Å². The van der Waals surface area contributed by atoms with E-state index in [1.165, 1.54) is 16.2 Å². The van der Waals surface area contributed by atoms with E-state index in [1.54, 1.807) is 11.3 Å². The zero-order chi connectivity index (χ0) is 12.4. The molecule has 0 saturated heterocycles. The van der Waals surface area contributed by atoms with Crippen LogP contribution in [0.25, 0.3) is 11.0 Å². The lowest BCUT2D eigenvalue weighted by Crippen LogP contribution is -2.03. The molecule has 2 heterocycles. The molecule has 0 aliphatic carbocycles. The largest absolute Gasteiger partial charge is 0.323 e. The Morgan fingerprint density at radius 1 is 1.28 bits per heavy atom. The van der Waals surface area contributed by atoms with E-state index in [0.29, 0.717) is 0 Å². The van der Waals surface area contributed by atoms with Crippen LogP contribution in [0.1, 0.15) is 24.0 Å². The van der Waals surface area contributed by atoms with Gasteiger partial charge >= 0.3 is 0 Å². The Morgan fingerprint density at radius 3 is 2.94 bits per heavy atom. The third kappa shape index (κ3) is 2.04. The summed E-state index contributed by atoms with van der Waals surface area (Å²) >= 11 is 1.70. The molecule has 0 amide bonds. The van der Waals surface area contributed by atoms with Crippen molar-refractivity contribution < 1.29 is 0 Å². The van der Waals surface area contributed by atoms with Gasteiger partial charge in [-0.3, -0.25) is 4.98 Å². The summed E-state index contributed by atoms with van der Waals surface area (Å²) in [6.07, 6.45) is 4.08. The lowest BCUT2D eigenvalue weighted by Gasteiger charge is -2.06. The second-order valence-corrected chi connectivity index (χ2v) is 5.29. The number of hydrogen-bond donors (Lipinski definition) is 0. The Kier molecular flexibility index (Phi) is 3.11. The van der Waals surface area contributed by atoms with E-state index in [9.17, 15) is 0 Å². The van der Waals surface area contributed by atoms with Gasteiger partial charge in [0.25, 0.3) is 0 Å². The predicted octanol–water partition coefficient (Wildman–Crippen LogP) is 3.49. The van der Waals surface area contributed by atoms with Gasteiger partial charge in [-0.2, -0.15) is 0 Å². The van der Waals surface area contributed by atoms with Crippen molar-refractivity contribution in [2.75, 3.05) is 0 Å². The molecular formula is C14H15N3S. The number of hydrogen-bond acceptors (Lipinski definition) is 3. The van der Waals surface area contributed by atoms with Gasteiger partial charge in [-0.25, -0.2) is 4.98 Å². The van der Waals surface area contributed by atoms with E-state index in [4.69, 9.17) is 4.98 Å². The van der Waals surface area contributed by atoms with Crippen LogP contribution in [0.15, 0.2) is 36.0 Å². The van der Waals surface area contributed by atoms with E-state index in [0.717, 1.165) is 24.9 Å². The Bertz CT molecular complexity index is 640. The normalized spacial score (nSPS) is 11.2. The first-order chi connectivity index (χ1) is 8.88. The van der Waals surface area contributed by atoms with Crippen molar-refractivity contribution in [2.24, 2.45) is 0 Å². The van der Waals surface area contributed by atoms with Crippen LogP contribution in [0.2, 0.25) is 0 Å². The SMILES string of the molecule is CCCc1nc2ccccc2n1Cc1cncs1. The maximum absolute atomic E-state index is 4.73. The lowest BCUT2D eigenvalue weighted by molar-refractivity contribution is 0.727. The highest BCUT2D eigenvalue weighted by Gasteiger charge is 2.10. The zero-order valence-electron chi connectivity index (χ0n) is 10.3. The summed E-state index contributed by atoms with van der Waals surface area (Å²) in [5.74, 6) is 1.17. The lowest BCUT2D eigenvalue weighted by atomic mass is 10.3. The number of thiazole rings is 1. The smallest absolute Gasteiger partial charge is 0.110 e. The molecule has 0 saturated carbocycles. The molecule has 3 nitrogen and oxygen atoms in total. The second kappa shape index (κ2) is 4.90. The van der Waals surface area contributed by atoms with E-state index >= 15 is 0 Å². The number of aromatic nitrogens is 3. The van der Waals surface area contributed by atoms with Gasteiger partial charge in [-0.15, -0.1) is 11.3 Å². The first-order valence-electron chi connectivity index (χ1n) is 6.20. The molecule has 0 atom stereocenters. The van der Waals surface area contributed by atoms with E-state index in [1.807, 2.05) is 17.8 Å². The Morgan fingerprint density at radius 2 is 2.17 bits per heavy atom. The molecule has 0 aliphatic heterocycles. The predicted molar refractivity (Wildman–Crippen MR) is 74.9 cm³/mol. The molecule has 0 unspecified atom stereocenters. The average molecular weight is 257 g/mol. The van der Waals surface area contributed by atoms with Crippen LogP contribution in [0, 0.1) is 0 Å². The Labute approximate surface area is 110 Å². The number of para-hydroxylation sites is 2. The Balaban J connectivity index is 2.09. The van der Waals surface area contributed by atoms with Crippen LogP contribution in [0.3, 0.4) is 0 Å². The van der Waals surface area contributed by atoms with Crippen molar-refractivity contribution in [1.29, 1.82) is 0 Å². The van der Waals surface area contributed by atoms with Crippen LogP contribution in [0.5, 0.6) is 0 Å². The van der Waals surface area contributed by atoms with Gasteiger partial charge in [0.15, 0.2) is 0 Å². The summed E-state index contributed by atoms with van der Waals surface area (Å²) in [5.41, 5.74) is 4.19. The highest BCUT2D eigenvalue weighted by Crippen LogP contribution is 2.20. The van der Waals surface area contributed by atoms with E-state index in [2.05, 4.69) is 34.7 Å². The van der Waals surface area contributed by atoms with Crippen molar-refractivity contribution in [1.82, 2.24) is 14.5 Å². The van der Waals surface area contributed by atoms with Gasteiger partial charge in [-0.1, -0.05) is 19.1 Å². The highest BCUT2D eigenvalue weighted by atomic mass is 32.1. The number of imidazole rings is 1. The number of rotatable bonds is 4. The van der Waals surface area contributed by atoms with Gasteiger partial charge in [0.05, 0.1) is 23.1 Å². The third-order valence-electron chi connectivity index (χ3n) is 3.00. The van der Waals surface area contributed by atoms with Crippen LogP contribution < -0.4 is 0 Å². The fraction of sp³-hybridized carbons (Fsp3) is 0.286. The minimum Gasteiger partial charge on any atom is -0.323 e. The molecule has 3 rings (SSSR count). The van der Waals surface area contributed by atoms with Crippen LogP contribution >= 0.6 is 11.3 Å². The van der Waals surface area contributed by atoms with Gasteiger partial charge in [-0.05, 0) is 18.6 Å². The molecule has 0 radical (unpaired) electrons. The average Bonchev–Trinajstić information content (AvgIpc) is 3.00.